The van der Waals surface area contributed by atoms with Crippen LogP contribution in [0, 0.1) is 0 Å². The molecule has 0 N–H and O–H groups in total. The Kier molecular flexibility index (Phi) is 4.34. The van der Waals surface area contributed by atoms with E-state index in [-0.39, 0.29) is 10.0 Å². The molecule has 0 spiro atoms. The lowest BCUT2D eigenvalue weighted by Gasteiger charge is -2.09. The van der Waals surface area contributed by atoms with Gasteiger partial charge in [-0.05, 0) is 23.8 Å². The van der Waals surface area contributed by atoms with Gasteiger partial charge in [0, 0.05) is 10.5 Å². The standard InChI is InChI=1S/C11H8BrF3O2/c1-17-10(16)5-3-7-2-4-9(12)8(6-7)11(13,14)15/h2-6H,1H3. The second-order valence-corrected chi connectivity index (χ2v) is 3.95. The van der Waals surface area contributed by atoms with Crippen LogP contribution in [0.1, 0.15) is 11.1 Å². The van der Waals surface area contributed by atoms with Crippen molar-refractivity contribution in [2.75, 3.05) is 7.11 Å². The van der Waals surface area contributed by atoms with Crippen molar-refractivity contribution in [3.8, 4) is 0 Å². The lowest BCUT2D eigenvalue weighted by molar-refractivity contribution is -0.138. The average molecular weight is 309 g/mol. The molecule has 92 valence electrons. The maximum Gasteiger partial charge on any atom is 0.417 e. The van der Waals surface area contributed by atoms with Crippen LogP contribution in [0.2, 0.25) is 0 Å². The Balaban J connectivity index is 3.05. The molecule has 0 bridgehead atoms. The number of alkyl halides is 3. The second-order valence-electron chi connectivity index (χ2n) is 3.09. The van der Waals surface area contributed by atoms with Crippen molar-refractivity contribution in [1.82, 2.24) is 0 Å². The number of carbonyl (C=O) groups is 1. The molecular weight excluding hydrogens is 301 g/mol. The fourth-order valence-corrected chi connectivity index (χ4v) is 1.57. The van der Waals surface area contributed by atoms with Crippen LogP contribution in [-0.4, -0.2) is 13.1 Å². The quantitative estimate of drug-likeness (QED) is 0.616. The van der Waals surface area contributed by atoms with Gasteiger partial charge in [-0.1, -0.05) is 22.0 Å². The van der Waals surface area contributed by atoms with Gasteiger partial charge in [0.15, 0.2) is 0 Å². The van der Waals surface area contributed by atoms with E-state index in [4.69, 9.17) is 0 Å². The SMILES string of the molecule is COC(=O)C=Cc1ccc(Br)c(C(F)(F)F)c1. The number of ether oxygens (including phenoxy) is 1. The zero-order chi connectivity index (χ0) is 13.1. The van der Waals surface area contributed by atoms with E-state index < -0.39 is 17.7 Å². The molecule has 2 nitrogen and oxygen atoms in total. The summed E-state index contributed by atoms with van der Waals surface area (Å²) in [4.78, 5) is 10.8. The summed E-state index contributed by atoms with van der Waals surface area (Å²) >= 11 is 2.82. The molecule has 0 aromatic heterocycles. The largest absolute Gasteiger partial charge is 0.466 e. The van der Waals surface area contributed by atoms with Gasteiger partial charge >= 0.3 is 12.1 Å². The molecule has 0 heterocycles. The van der Waals surface area contributed by atoms with Gasteiger partial charge in [-0.2, -0.15) is 13.2 Å². The van der Waals surface area contributed by atoms with Gasteiger partial charge in [0.1, 0.15) is 0 Å². The molecule has 0 radical (unpaired) electrons. The van der Waals surface area contributed by atoms with Crippen LogP contribution in [0.15, 0.2) is 28.7 Å². The molecule has 0 saturated carbocycles. The molecule has 0 fully saturated rings. The van der Waals surface area contributed by atoms with Gasteiger partial charge in [-0.3, -0.25) is 0 Å². The highest BCUT2D eigenvalue weighted by Crippen LogP contribution is 2.35. The maximum absolute atomic E-state index is 12.5. The van der Waals surface area contributed by atoms with Gasteiger partial charge in [0.05, 0.1) is 12.7 Å². The first kappa shape index (κ1) is 13.8. The number of benzene rings is 1. The Hall–Kier alpha value is -1.30. The van der Waals surface area contributed by atoms with Crippen LogP contribution in [0.5, 0.6) is 0 Å². The molecule has 0 aliphatic carbocycles. The number of hydrogen-bond acceptors (Lipinski definition) is 2. The molecular formula is C11H8BrF3O2. The number of methoxy groups -OCH3 is 1. The highest BCUT2D eigenvalue weighted by atomic mass is 79.9. The lowest BCUT2D eigenvalue weighted by Crippen LogP contribution is -2.06. The molecule has 0 amide bonds. The predicted molar refractivity (Wildman–Crippen MR) is 60.2 cm³/mol. The summed E-state index contributed by atoms with van der Waals surface area (Å²) in [5.41, 5.74) is -0.518. The molecule has 1 rings (SSSR count). The molecule has 0 unspecified atom stereocenters. The highest BCUT2D eigenvalue weighted by Gasteiger charge is 2.32. The molecule has 1 aromatic rings. The van der Waals surface area contributed by atoms with E-state index in [1.807, 2.05) is 0 Å². The van der Waals surface area contributed by atoms with Crippen LogP contribution in [0.4, 0.5) is 13.2 Å². The summed E-state index contributed by atoms with van der Waals surface area (Å²) in [5, 5.41) is 0. The number of rotatable bonds is 2. The van der Waals surface area contributed by atoms with Gasteiger partial charge in [-0.25, -0.2) is 4.79 Å². The van der Waals surface area contributed by atoms with Crippen molar-refractivity contribution in [3.63, 3.8) is 0 Å². The minimum Gasteiger partial charge on any atom is -0.466 e. The number of carbonyl (C=O) groups excluding carboxylic acids is 1. The first-order valence-corrected chi connectivity index (χ1v) is 5.26. The normalized spacial score (nSPS) is 11.8. The second kappa shape index (κ2) is 5.35. The topological polar surface area (TPSA) is 26.3 Å². The zero-order valence-electron chi connectivity index (χ0n) is 8.72. The summed E-state index contributed by atoms with van der Waals surface area (Å²) < 4.78 is 41.9. The summed E-state index contributed by atoms with van der Waals surface area (Å²) in [6.07, 6.45) is -2.12. The van der Waals surface area contributed by atoms with Crippen molar-refractivity contribution in [2.45, 2.75) is 6.18 Å². The molecule has 1 aromatic carbocycles. The van der Waals surface area contributed by atoms with E-state index in [2.05, 4.69) is 20.7 Å². The van der Waals surface area contributed by atoms with Crippen molar-refractivity contribution < 1.29 is 22.7 Å². The average Bonchev–Trinajstić information content (AvgIpc) is 2.26. The number of halogens is 4. The number of esters is 1. The van der Waals surface area contributed by atoms with E-state index >= 15 is 0 Å². The minimum absolute atomic E-state index is 0.0415. The Morgan fingerprint density at radius 1 is 1.41 bits per heavy atom. The summed E-state index contributed by atoms with van der Waals surface area (Å²) in [5.74, 6) is -0.624. The van der Waals surface area contributed by atoms with Crippen LogP contribution >= 0.6 is 15.9 Å². The fraction of sp³-hybridized carbons (Fsp3) is 0.182. The van der Waals surface area contributed by atoms with Crippen LogP contribution in [0.3, 0.4) is 0 Å². The van der Waals surface area contributed by atoms with Crippen LogP contribution < -0.4 is 0 Å². The van der Waals surface area contributed by atoms with Gasteiger partial charge in [0.25, 0.3) is 0 Å². The van der Waals surface area contributed by atoms with Gasteiger partial charge < -0.3 is 4.74 Å². The fourth-order valence-electron chi connectivity index (χ4n) is 1.10. The smallest absolute Gasteiger partial charge is 0.417 e. The monoisotopic (exact) mass is 308 g/mol. The first-order valence-electron chi connectivity index (χ1n) is 4.47. The number of hydrogen-bond donors (Lipinski definition) is 0. The maximum atomic E-state index is 12.5. The highest BCUT2D eigenvalue weighted by molar-refractivity contribution is 9.10. The van der Waals surface area contributed by atoms with Gasteiger partial charge in [0.2, 0.25) is 0 Å². The molecule has 0 aliphatic heterocycles. The minimum atomic E-state index is -4.44. The summed E-state index contributed by atoms with van der Waals surface area (Å²) in [6, 6.07) is 3.68. The lowest BCUT2D eigenvalue weighted by atomic mass is 10.1. The third-order valence-corrected chi connectivity index (χ3v) is 2.60. The van der Waals surface area contributed by atoms with E-state index in [9.17, 15) is 18.0 Å². The van der Waals surface area contributed by atoms with Crippen LogP contribution in [-0.2, 0) is 15.7 Å². The third kappa shape index (κ3) is 3.89. The Morgan fingerprint density at radius 2 is 2.06 bits per heavy atom. The molecule has 0 atom stereocenters. The Morgan fingerprint density at radius 3 is 2.59 bits per heavy atom. The molecule has 0 aliphatic rings. The van der Waals surface area contributed by atoms with Crippen molar-refractivity contribution in [1.29, 1.82) is 0 Å². The molecule has 17 heavy (non-hydrogen) atoms. The van der Waals surface area contributed by atoms with Crippen molar-refractivity contribution in [3.05, 3.63) is 39.9 Å². The Bertz CT molecular complexity index is 453. The summed E-state index contributed by atoms with van der Waals surface area (Å²) in [6.45, 7) is 0. The van der Waals surface area contributed by atoms with Crippen molar-refractivity contribution in [2.24, 2.45) is 0 Å². The summed E-state index contributed by atoms with van der Waals surface area (Å²) in [7, 11) is 1.19. The van der Waals surface area contributed by atoms with E-state index in [0.717, 1.165) is 12.1 Å². The van der Waals surface area contributed by atoms with E-state index in [0.29, 0.717) is 0 Å². The predicted octanol–water partition coefficient (Wildman–Crippen LogP) is 3.65. The Labute approximate surface area is 104 Å². The first-order chi connectivity index (χ1) is 7.84. The van der Waals surface area contributed by atoms with Crippen LogP contribution in [0.25, 0.3) is 6.08 Å². The zero-order valence-corrected chi connectivity index (χ0v) is 10.3. The van der Waals surface area contributed by atoms with E-state index in [1.54, 1.807) is 0 Å². The molecule has 6 heteroatoms. The third-order valence-electron chi connectivity index (χ3n) is 1.91. The van der Waals surface area contributed by atoms with Gasteiger partial charge in [-0.15, -0.1) is 0 Å². The molecule has 0 saturated heterocycles. The van der Waals surface area contributed by atoms with E-state index in [1.165, 1.54) is 25.3 Å². The van der Waals surface area contributed by atoms with Crippen molar-refractivity contribution >= 4 is 28.0 Å².